The Morgan fingerprint density at radius 1 is 1.54 bits per heavy atom. The van der Waals surface area contributed by atoms with Gasteiger partial charge in [0.2, 0.25) is 11.1 Å². The van der Waals surface area contributed by atoms with Gasteiger partial charge in [-0.15, -0.1) is 0 Å². The number of likely N-dealkylation sites (tertiary alicyclic amines) is 1. The second-order valence-corrected chi connectivity index (χ2v) is 3.67. The molecule has 0 aromatic rings. The van der Waals surface area contributed by atoms with Crippen molar-refractivity contribution in [1.29, 1.82) is 0 Å². The molecule has 1 aliphatic rings. The minimum Gasteiger partial charge on any atom is -0.331 e. The van der Waals surface area contributed by atoms with Crippen LogP contribution in [0.25, 0.3) is 0 Å². The van der Waals surface area contributed by atoms with E-state index in [1.807, 2.05) is 6.92 Å². The Labute approximate surface area is 83.0 Å². The van der Waals surface area contributed by atoms with Crippen molar-refractivity contribution in [1.82, 2.24) is 4.90 Å². The van der Waals surface area contributed by atoms with Crippen LogP contribution in [-0.2, 0) is 9.59 Å². The normalized spacial score (nSPS) is 22.0. The number of halogens is 1. The first-order valence-electron chi connectivity index (χ1n) is 4.65. The van der Waals surface area contributed by atoms with E-state index in [0.717, 1.165) is 19.3 Å². The highest BCUT2D eigenvalue weighted by atomic mass is 35.5. The van der Waals surface area contributed by atoms with E-state index in [-0.39, 0.29) is 11.9 Å². The summed E-state index contributed by atoms with van der Waals surface area (Å²) in [5.74, 6) is 0.0546. The van der Waals surface area contributed by atoms with Gasteiger partial charge in [-0.2, -0.15) is 0 Å². The van der Waals surface area contributed by atoms with Gasteiger partial charge in [0.25, 0.3) is 0 Å². The number of hydrogen-bond donors (Lipinski definition) is 0. The fourth-order valence-electron chi connectivity index (χ4n) is 1.66. The highest BCUT2D eigenvalue weighted by molar-refractivity contribution is 6.64. The van der Waals surface area contributed by atoms with Crippen molar-refractivity contribution in [2.24, 2.45) is 0 Å². The van der Waals surface area contributed by atoms with Crippen LogP contribution in [0.5, 0.6) is 0 Å². The lowest BCUT2D eigenvalue weighted by molar-refractivity contribution is -0.135. The molecule has 0 aliphatic carbocycles. The molecule has 1 atom stereocenters. The third-order valence-electron chi connectivity index (χ3n) is 2.30. The number of nitrogens with zero attached hydrogens (tertiary/aromatic N) is 1. The van der Waals surface area contributed by atoms with E-state index in [2.05, 4.69) is 0 Å². The summed E-state index contributed by atoms with van der Waals surface area (Å²) in [6.45, 7) is 2.63. The first-order valence-corrected chi connectivity index (χ1v) is 5.03. The fraction of sp³-hybridized carbons (Fsp3) is 0.778. The molecule has 0 bridgehead atoms. The van der Waals surface area contributed by atoms with Crippen LogP contribution >= 0.6 is 11.6 Å². The van der Waals surface area contributed by atoms with Crippen LogP contribution in [-0.4, -0.2) is 28.6 Å². The smallest absolute Gasteiger partial charge is 0.244 e. The largest absolute Gasteiger partial charge is 0.331 e. The monoisotopic (exact) mass is 203 g/mol. The lowest BCUT2D eigenvalue weighted by Crippen LogP contribution is -2.38. The van der Waals surface area contributed by atoms with Crippen molar-refractivity contribution in [2.45, 2.75) is 38.6 Å². The number of carbonyl (C=O) groups excluding carboxylic acids is 2. The first kappa shape index (κ1) is 10.5. The molecular weight excluding hydrogens is 190 g/mol. The van der Waals surface area contributed by atoms with Crippen LogP contribution in [0, 0.1) is 0 Å². The molecule has 0 saturated carbocycles. The predicted octanol–water partition coefficient (Wildman–Crippen LogP) is 1.54. The van der Waals surface area contributed by atoms with Gasteiger partial charge < -0.3 is 4.90 Å². The van der Waals surface area contributed by atoms with Gasteiger partial charge in [-0.1, -0.05) is 6.92 Å². The van der Waals surface area contributed by atoms with Crippen LogP contribution in [0.15, 0.2) is 0 Å². The Kier molecular flexibility index (Phi) is 3.72. The predicted molar refractivity (Wildman–Crippen MR) is 50.5 cm³/mol. The van der Waals surface area contributed by atoms with E-state index in [9.17, 15) is 9.59 Å². The zero-order chi connectivity index (χ0) is 9.84. The molecule has 4 heteroatoms. The molecule has 13 heavy (non-hydrogen) atoms. The van der Waals surface area contributed by atoms with E-state index < -0.39 is 5.24 Å². The number of hydrogen-bond acceptors (Lipinski definition) is 2. The summed E-state index contributed by atoms with van der Waals surface area (Å²) in [6, 6.07) is -0.360. The summed E-state index contributed by atoms with van der Waals surface area (Å²) in [7, 11) is 0. The van der Waals surface area contributed by atoms with Crippen molar-refractivity contribution < 1.29 is 9.59 Å². The summed E-state index contributed by atoms with van der Waals surface area (Å²) < 4.78 is 0. The lowest BCUT2D eigenvalue weighted by Gasteiger charge is -2.21. The Balaban J connectivity index is 2.57. The quantitative estimate of drug-likeness (QED) is 0.653. The molecule has 0 aromatic carbocycles. The summed E-state index contributed by atoms with van der Waals surface area (Å²) in [5.41, 5.74) is 0. The molecule has 3 nitrogen and oxygen atoms in total. The summed E-state index contributed by atoms with van der Waals surface area (Å²) >= 11 is 5.39. The Morgan fingerprint density at radius 3 is 2.77 bits per heavy atom. The second kappa shape index (κ2) is 4.61. The van der Waals surface area contributed by atoms with Gasteiger partial charge in [0.1, 0.15) is 6.04 Å². The zero-order valence-electron chi connectivity index (χ0n) is 7.75. The molecule has 0 radical (unpaired) electrons. The zero-order valence-corrected chi connectivity index (χ0v) is 8.51. The standard InChI is InChI=1S/C9H14ClNO2/c1-2-4-8(12)11-6-3-5-7(11)9(10)13/h7H,2-6H2,1H3. The van der Waals surface area contributed by atoms with Crippen molar-refractivity contribution >= 4 is 22.8 Å². The molecule has 1 unspecified atom stereocenters. The van der Waals surface area contributed by atoms with E-state index >= 15 is 0 Å². The van der Waals surface area contributed by atoms with Crippen molar-refractivity contribution in [3.8, 4) is 0 Å². The maximum atomic E-state index is 11.5. The number of rotatable bonds is 3. The molecule has 1 rings (SSSR count). The van der Waals surface area contributed by atoms with E-state index in [4.69, 9.17) is 11.6 Å². The summed E-state index contributed by atoms with van der Waals surface area (Å²) in [4.78, 5) is 24.0. The van der Waals surface area contributed by atoms with E-state index in [1.165, 1.54) is 0 Å². The van der Waals surface area contributed by atoms with Gasteiger partial charge >= 0.3 is 0 Å². The Morgan fingerprint density at radius 2 is 2.23 bits per heavy atom. The van der Waals surface area contributed by atoms with Crippen LogP contribution in [0.1, 0.15) is 32.6 Å². The highest BCUT2D eigenvalue weighted by Gasteiger charge is 2.32. The molecule has 0 aromatic heterocycles. The first-order chi connectivity index (χ1) is 6.16. The van der Waals surface area contributed by atoms with E-state index in [1.54, 1.807) is 4.90 Å². The number of amides is 1. The molecule has 1 amide bonds. The Bertz CT molecular complexity index is 218. The molecule has 1 aliphatic heterocycles. The molecule has 1 fully saturated rings. The second-order valence-electron chi connectivity index (χ2n) is 3.30. The van der Waals surface area contributed by atoms with Gasteiger partial charge in [0.15, 0.2) is 0 Å². The SMILES string of the molecule is CCCC(=O)N1CCCC1C(=O)Cl. The summed E-state index contributed by atoms with van der Waals surface area (Å²) in [5, 5.41) is -0.401. The van der Waals surface area contributed by atoms with Crippen LogP contribution in [0.4, 0.5) is 0 Å². The van der Waals surface area contributed by atoms with Gasteiger partial charge in [-0.05, 0) is 30.9 Å². The third kappa shape index (κ3) is 2.44. The third-order valence-corrected chi connectivity index (χ3v) is 2.55. The molecule has 0 N–H and O–H groups in total. The molecule has 1 saturated heterocycles. The van der Waals surface area contributed by atoms with Crippen LogP contribution in [0.3, 0.4) is 0 Å². The highest BCUT2D eigenvalue weighted by Crippen LogP contribution is 2.20. The van der Waals surface area contributed by atoms with Gasteiger partial charge in [-0.25, -0.2) is 0 Å². The molecule has 0 spiro atoms. The van der Waals surface area contributed by atoms with Crippen molar-refractivity contribution in [3.63, 3.8) is 0 Å². The minimum absolute atomic E-state index is 0.0546. The van der Waals surface area contributed by atoms with Gasteiger partial charge in [0, 0.05) is 13.0 Å². The maximum absolute atomic E-state index is 11.5. The average molecular weight is 204 g/mol. The van der Waals surface area contributed by atoms with E-state index in [0.29, 0.717) is 13.0 Å². The summed E-state index contributed by atoms with van der Waals surface area (Å²) in [6.07, 6.45) is 2.94. The maximum Gasteiger partial charge on any atom is 0.244 e. The van der Waals surface area contributed by atoms with Crippen LogP contribution < -0.4 is 0 Å². The fourth-order valence-corrected chi connectivity index (χ4v) is 1.89. The van der Waals surface area contributed by atoms with Crippen molar-refractivity contribution in [2.75, 3.05) is 6.54 Å². The average Bonchev–Trinajstić information content (AvgIpc) is 2.52. The molecule has 1 heterocycles. The van der Waals surface area contributed by atoms with Crippen molar-refractivity contribution in [3.05, 3.63) is 0 Å². The van der Waals surface area contributed by atoms with Gasteiger partial charge in [-0.3, -0.25) is 9.59 Å². The van der Waals surface area contributed by atoms with Gasteiger partial charge in [0.05, 0.1) is 0 Å². The molecular formula is C9H14ClNO2. The van der Waals surface area contributed by atoms with Crippen LogP contribution in [0.2, 0.25) is 0 Å². The molecule has 74 valence electrons. The number of carbonyl (C=O) groups is 2. The topological polar surface area (TPSA) is 37.4 Å². The Hall–Kier alpha value is -0.570. The minimum atomic E-state index is -0.401. The lowest BCUT2D eigenvalue weighted by atomic mass is 10.2.